The Morgan fingerprint density at radius 2 is 2.16 bits per heavy atom. The summed E-state index contributed by atoms with van der Waals surface area (Å²) in [6, 6.07) is 7.19. The minimum Gasteiger partial charge on any atom is -0.366 e. The third-order valence-electron chi connectivity index (χ3n) is 3.75. The van der Waals surface area contributed by atoms with Crippen LogP contribution >= 0.6 is 15.9 Å². The minimum absolute atomic E-state index is 0.563. The molecule has 1 N–H and O–H groups in total. The number of hydrogen-bond donors (Lipinski definition) is 1. The first-order valence-electron chi connectivity index (χ1n) is 7.06. The summed E-state index contributed by atoms with van der Waals surface area (Å²) in [5, 5.41) is 3.43. The molecule has 3 nitrogen and oxygen atoms in total. The molecule has 0 saturated carbocycles. The Balaban J connectivity index is 2.23. The van der Waals surface area contributed by atoms with Gasteiger partial charge in [-0.05, 0) is 38.2 Å². The predicted octanol–water partition coefficient (Wildman–Crippen LogP) is 2.70. The lowest BCUT2D eigenvalue weighted by Gasteiger charge is -2.40. The second-order valence-electron chi connectivity index (χ2n) is 5.36. The fourth-order valence-electron chi connectivity index (χ4n) is 2.71. The molecule has 0 spiro atoms. The van der Waals surface area contributed by atoms with Gasteiger partial charge in [-0.1, -0.05) is 28.9 Å². The predicted molar refractivity (Wildman–Crippen MR) is 85.8 cm³/mol. The van der Waals surface area contributed by atoms with Crippen molar-refractivity contribution in [3.63, 3.8) is 0 Å². The summed E-state index contributed by atoms with van der Waals surface area (Å²) in [7, 11) is 2.20. The maximum atomic E-state index is 3.61. The average molecular weight is 326 g/mol. The van der Waals surface area contributed by atoms with Crippen LogP contribution in [0.25, 0.3) is 0 Å². The molecule has 0 amide bonds. The molecule has 1 aliphatic rings. The van der Waals surface area contributed by atoms with Gasteiger partial charge in [-0.3, -0.25) is 0 Å². The third kappa shape index (κ3) is 3.71. The lowest BCUT2D eigenvalue weighted by molar-refractivity contribution is 0.275. The molecule has 1 aromatic carbocycles. The van der Waals surface area contributed by atoms with Gasteiger partial charge in [-0.15, -0.1) is 0 Å². The van der Waals surface area contributed by atoms with Gasteiger partial charge in [-0.2, -0.15) is 0 Å². The first kappa shape index (κ1) is 14.8. The average Bonchev–Trinajstić information content (AvgIpc) is 2.37. The summed E-state index contributed by atoms with van der Waals surface area (Å²) >= 11 is 3.61. The molecule has 1 unspecified atom stereocenters. The molecule has 0 aromatic heterocycles. The lowest BCUT2D eigenvalue weighted by Crippen LogP contribution is -2.50. The van der Waals surface area contributed by atoms with Gasteiger partial charge >= 0.3 is 0 Å². The van der Waals surface area contributed by atoms with E-state index in [-0.39, 0.29) is 0 Å². The first-order chi connectivity index (χ1) is 9.11. The van der Waals surface area contributed by atoms with Gasteiger partial charge in [0.25, 0.3) is 0 Å². The SMILES string of the molecule is CCNCc1ccc(Br)cc1N1CCN(C)CC1C. The van der Waals surface area contributed by atoms with E-state index in [1.807, 2.05) is 0 Å². The zero-order valence-corrected chi connectivity index (χ0v) is 13.7. The van der Waals surface area contributed by atoms with Crippen LogP contribution in [0.5, 0.6) is 0 Å². The van der Waals surface area contributed by atoms with E-state index in [1.165, 1.54) is 11.3 Å². The number of piperazine rings is 1. The number of nitrogens with one attached hydrogen (secondary N) is 1. The summed E-state index contributed by atoms with van der Waals surface area (Å²) in [6.07, 6.45) is 0. The molecule has 1 aliphatic heterocycles. The highest BCUT2D eigenvalue weighted by Gasteiger charge is 2.23. The van der Waals surface area contributed by atoms with E-state index in [0.717, 1.165) is 37.2 Å². The Bertz CT molecular complexity index is 422. The number of nitrogens with zero attached hydrogens (tertiary/aromatic N) is 2. The second kappa shape index (κ2) is 6.73. The Hall–Kier alpha value is -0.580. The van der Waals surface area contributed by atoms with Gasteiger partial charge in [0.15, 0.2) is 0 Å². The second-order valence-corrected chi connectivity index (χ2v) is 6.27. The summed E-state index contributed by atoms with van der Waals surface area (Å²) in [5.41, 5.74) is 2.76. The van der Waals surface area contributed by atoms with E-state index in [2.05, 4.69) is 70.1 Å². The number of hydrogen-bond acceptors (Lipinski definition) is 3. The van der Waals surface area contributed by atoms with E-state index in [9.17, 15) is 0 Å². The maximum Gasteiger partial charge on any atom is 0.0426 e. The minimum atomic E-state index is 0.563. The Kier molecular flexibility index (Phi) is 5.25. The van der Waals surface area contributed by atoms with Gasteiger partial charge in [0.05, 0.1) is 0 Å². The lowest BCUT2D eigenvalue weighted by atomic mass is 10.1. The molecule has 1 aromatic rings. The highest BCUT2D eigenvalue weighted by Crippen LogP contribution is 2.28. The number of halogens is 1. The third-order valence-corrected chi connectivity index (χ3v) is 4.25. The zero-order valence-electron chi connectivity index (χ0n) is 12.1. The van der Waals surface area contributed by atoms with Crippen LogP contribution in [0.2, 0.25) is 0 Å². The standard InChI is InChI=1S/C15H24BrN3/c1-4-17-10-13-5-6-14(16)9-15(13)19-8-7-18(3)11-12(19)2/h5-6,9,12,17H,4,7-8,10-11H2,1-3H3. The van der Waals surface area contributed by atoms with Gasteiger partial charge in [0, 0.05) is 42.4 Å². The molecule has 0 radical (unpaired) electrons. The van der Waals surface area contributed by atoms with Crippen LogP contribution in [0.1, 0.15) is 19.4 Å². The highest BCUT2D eigenvalue weighted by molar-refractivity contribution is 9.10. The molecular weight excluding hydrogens is 302 g/mol. The van der Waals surface area contributed by atoms with E-state index in [4.69, 9.17) is 0 Å². The van der Waals surface area contributed by atoms with Crippen LogP contribution in [0.15, 0.2) is 22.7 Å². The fraction of sp³-hybridized carbons (Fsp3) is 0.600. The van der Waals surface area contributed by atoms with Crippen molar-refractivity contribution < 1.29 is 0 Å². The molecule has 19 heavy (non-hydrogen) atoms. The van der Waals surface area contributed by atoms with Crippen LogP contribution in [0.4, 0.5) is 5.69 Å². The quantitative estimate of drug-likeness (QED) is 0.918. The van der Waals surface area contributed by atoms with Crippen molar-refractivity contribution in [3.05, 3.63) is 28.2 Å². The van der Waals surface area contributed by atoms with Crippen LogP contribution in [0.3, 0.4) is 0 Å². The summed E-state index contributed by atoms with van der Waals surface area (Å²) < 4.78 is 1.16. The molecule has 4 heteroatoms. The molecule has 106 valence electrons. The molecule has 0 aliphatic carbocycles. The van der Waals surface area contributed by atoms with Crippen molar-refractivity contribution in [1.82, 2.24) is 10.2 Å². The van der Waals surface area contributed by atoms with Gasteiger partial charge < -0.3 is 15.1 Å². The van der Waals surface area contributed by atoms with Gasteiger partial charge in [0.2, 0.25) is 0 Å². The topological polar surface area (TPSA) is 18.5 Å². The van der Waals surface area contributed by atoms with E-state index in [0.29, 0.717) is 6.04 Å². The Labute approximate surface area is 125 Å². The smallest absolute Gasteiger partial charge is 0.0426 e. The largest absolute Gasteiger partial charge is 0.366 e. The summed E-state index contributed by atoms with van der Waals surface area (Å²) in [5.74, 6) is 0. The van der Waals surface area contributed by atoms with E-state index in [1.54, 1.807) is 0 Å². The van der Waals surface area contributed by atoms with Crippen molar-refractivity contribution in [1.29, 1.82) is 0 Å². The molecule has 1 saturated heterocycles. The van der Waals surface area contributed by atoms with Crippen molar-refractivity contribution >= 4 is 21.6 Å². The highest BCUT2D eigenvalue weighted by atomic mass is 79.9. The molecule has 1 fully saturated rings. The number of rotatable bonds is 4. The monoisotopic (exact) mass is 325 g/mol. The van der Waals surface area contributed by atoms with Crippen LogP contribution in [-0.4, -0.2) is 44.2 Å². The van der Waals surface area contributed by atoms with Gasteiger partial charge in [-0.25, -0.2) is 0 Å². The molecule has 1 heterocycles. The van der Waals surface area contributed by atoms with Gasteiger partial charge in [0.1, 0.15) is 0 Å². The maximum absolute atomic E-state index is 3.61. The van der Waals surface area contributed by atoms with Crippen molar-refractivity contribution in [2.24, 2.45) is 0 Å². The Morgan fingerprint density at radius 3 is 2.84 bits per heavy atom. The number of benzene rings is 1. The van der Waals surface area contributed by atoms with E-state index >= 15 is 0 Å². The van der Waals surface area contributed by atoms with Crippen molar-refractivity contribution in [2.75, 3.05) is 38.1 Å². The number of anilines is 1. The van der Waals surface area contributed by atoms with Crippen molar-refractivity contribution in [2.45, 2.75) is 26.4 Å². The van der Waals surface area contributed by atoms with Crippen LogP contribution < -0.4 is 10.2 Å². The van der Waals surface area contributed by atoms with Crippen LogP contribution in [-0.2, 0) is 6.54 Å². The number of likely N-dealkylation sites (N-methyl/N-ethyl adjacent to an activating group) is 1. The molecule has 1 atom stereocenters. The summed E-state index contributed by atoms with van der Waals surface area (Å²) in [6.45, 7) is 9.79. The normalized spacial score (nSPS) is 20.8. The zero-order chi connectivity index (χ0) is 13.8. The van der Waals surface area contributed by atoms with E-state index < -0.39 is 0 Å². The molecule has 2 rings (SSSR count). The Morgan fingerprint density at radius 1 is 1.37 bits per heavy atom. The summed E-state index contributed by atoms with van der Waals surface area (Å²) in [4.78, 5) is 4.94. The van der Waals surface area contributed by atoms with Crippen molar-refractivity contribution in [3.8, 4) is 0 Å². The fourth-order valence-corrected chi connectivity index (χ4v) is 3.06. The molecule has 0 bridgehead atoms. The first-order valence-corrected chi connectivity index (χ1v) is 7.85. The van der Waals surface area contributed by atoms with Crippen LogP contribution in [0, 0.1) is 0 Å². The molecular formula is C15H24BrN3.